The number of halogens is 3. The first-order valence-corrected chi connectivity index (χ1v) is 14.0. The molecule has 5 rings (SSSR count). The lowest BCUT2D eigenvalue weighted by Gasteiger charge is -2.44. The zero-order valence-electron chi connectivity index (χ0n) is 21.9. The van der Waals surface area contributed by atoms with Crippen LogP contribution in [0.4, 0.5) is 13.2 Å². The molecule has 4 aliphatic rings. The molecular weight excluding hydrogens is 537 g/mol. The van der Waals surface area contributed by atoms with Crippen molar-refractivity contribution in [3.05, 3.63) is 29.8 Å². The summed E-state index contributed by atoms with van der Waals surface area (Å²) in [6.07, 6.45) is 3.80. The Morgan fingerprint density at radius 1 is 1.03 bits per heavy atom. The van der Waals surface area contributed by atoms with Crippen molar-refractivity contribution in [2.24, 2.45) is 11.8 Å². The lowest BCUT2D eigenvalue weighted by Crippen LogP contribution is -2.59. The number of benzene rings is 1. The minimum Gasteiger partial charge on any atom is -0.475 e. The quantitative estimate of drug-likeness (QED) is 0.419. The number of carboxylic acid groups (broad SMARTS) is 1. The monoisotopic (exact) mass is 570 g/mol. The predicted molar refractivity (Wildman–Crippen MR) is 136 cm³/mol. The van der Waals surface area contributed by atoms with Crippen LogP contribution >= 0.6 is 11.8 Å². The number of alkyl halides is 3. The van der Waals surface area contributed by atoms with Gasteiger partial charge in [-0.25, -0.2) is 4.79 Å². The van der Waals surface area contributed by atoms with Gasteiger partial charge in [-0.3, -0.25) is 24.2 Å². The SMILES string of the molecule is COC(=O)[C@@]12CCCCN1C(c1ccc(SC3CCCCC3)cc1)C1C(=O)N(C)C(=O)C12.O=C(O)C(F)(F)F. The van der Waals surface area contributed by atoms with Gasteiger partial charge in [-0.1, -0.05) is 31.4 Å². The van der Waals surface area contributed by atoms with Gasteiger partial charge in [-0.2, -0.15) is 13.2 Å². The second-order valence-electron chi connectivity index (χ2n) is 10.5. The van der Waals surface area contributed by atoms with Gasteiger partial charge in [0.15, 0.2) is 0 Å². The van der Waals surface area contributed by atoms with Crippen LogP contribution in [0.5, 0.6) is 0 Å². The lowest BCUT2D eigenvalue weighted by molar-refractivity contribution is -0.192. The summed E-state index contributed by atoms with van der Waals surface area (Å²) in [5.41, 5.74) is -0.0351. The molecule has 1 aromatic rings. The van der Waals surface area contributed by atoms with E-state index in [-0.39, 0.29) is 23.8 Å². The Labute approximate surface area is 229 Å². The van der Waals surface area contributed by atoms with Gasteiger partial charge >= 0.3 is 18.1 Å². The number of carbonyl (C=O) groups excluding carboxylic acids is 3. The third kappa shape index (κ3) is 5.41. The van der Waals surface area contributed by atoms with E-state index in [1.807, 2.05) is 11.8 Å². The van der Waals surface area contributed by atoms with Crippen molar-refractivity contribution in [2.45, 2.75) is 79.3 Å². The zero-order valence-corrected chi connectivity index (χ0v) is 22.7. The number of esters is 1. The standard InChI is InChI=1S/C25H32N2O4S.C2HF3O2/c1-26-22(28)19-20(23(26)29)25(24(30)31-2)14-6-7-15-27(25)21(19)16-10-12-18(13-11-16)32-17-8-4-3-5-9-17;3-2(4,5)1(6)7/h10-13,17,19-21H,3-9,14-15H2,1-2H3;(H,6,7)/t19?,20?,21?,25-;/m0./s1. The molecule has 0 bridgehead atoms. The number of carbonyl (C=O) groups is 4. The lowest BCUT2D eigenvalue weighted by atomic mass is 9.75. The summed E-state index contributed by atoms with van der Waals surface area (Å²) in [4.78, 5) is 53.1. The molecule has 1 saturated carbocycles. The normalized spacial score (nSPS) is 29.4. The second kappa shape index (κ2) is 11.5. The Morgan fingerprint density at radius 2 is 1.64 bits per heavy atom. The summed E-state index contributed by atoms with van der Waals surface area (Å²) in [6.45, 7) is 0.690. The minimum atomic E-state index is -5.08. The smallest absolute Gasteiger partial charge is 0.475 e. The van der Waals surface area contributed by atoms with E-state index in [9.17, 15) is 27.6 Å². The average Bonchev–Trinajstić information content (AvgIpc) is 3.35. The fourth-order valence-corrected chi connectivity index (χ4v) is 7.87. The number of hydrogen-bond acceptors (Lipinski definition) is 7. The van der Waals surface area contributed by atoms with Gasteiger partial charge in [0.2, 0.25) is 11.8 Å². The number of aliphatic carboxylic acids is 1. The Hall–Kier alpha value is -2.60. The molecule has 3 saturated heterocycles. The first kappa shape index (κ1) is 29.4. The maximum absolute atomic E-state index is 13.2. The number of hydrogen-bond donors (Lipinski definition) is 1. The largest absolute Gasteiger partial charge is 0.490 e. The summed E-state index contributed by atoms with van der Waals surface area (Å²) < 4.78 is 37.0. The second-order valence-corrected chi connectivity index (χ2v) is 11.9. The van der Waals surface area contributed by atoms with Gasteiger partial charge < -0.3 is 9.84 Å². The van der Waals surface area contributed by atoms with E-state index in [2.05, 4.69) is 29.2 Å². The van der Waals surface area contributed by atoms with E-state index in [4.69, 9.17) is 14.6 Å². The van der Waals surface area contributed by atoms with E-state index in [0.717, 1.165) is 18.4 Å². The highest BCUT2D eigenvalue weighted by atomic mass is 32.2. The van der Waals surface area contributed by atoms with Crippen LogP contribution < -0.4 is 0 Å². The van der Waals surface area contributed by atoms with Crippen molar-refractivity contribution in [1.29, 1.82) is 0 Å². The number of thioether (sulfide) groups is 1. The third-order valence-electron chi connectivity index (χ3n) is 8.34. The molecule has 1 aromatic carbocycles. The molecule has 3 unspecified atom stereocenters. The third-order valence-corrected chi connectivity index (χ3v) is 9.69. The van der Waals surface area contributed by atoms with Crippen molar-refractivity contribution in [3.63, 3.8) is 0 Å². The van der Waals surface area contributed by atoms with Gasteiger partial charge in [0, 0.05) is 23.2 Å². The number of imide groups is 1. The molecule has 1 N–H and O–H groups in total. The first-order chi connectivity index (χ1) is 18.4. The molecule has 0 aromatic heterocycles. The molecule has 8 nitrogen and oxygen atoms in total. The highest BCUT2D eigenvalue weighted by Gasteiger charge is 2.72. The molecule has 0 radical (unpaired) electrons. The number of methoxy groups -OCH3 is 1. The average molecular weight is 571 g/mol. The maximum Gasteiger partial charge on any atom is 0.490 e. The number of nitrogens with zero attached hydrogens (tertiary/aromatic N) is 2. The molecule has 39 heavy (non-hydrogen) atoms. The number of ether oxygens (including phenoxy) is 1. The Bertz CT molecular complexity index is 1110. The van der Waals surface area contributed by atoms with Crippen LogP contribution in [-0.2, 0) is 23.9 Å². The van der Waals surface area contributed by atoms with Gasteiger partial charge in [0.25, 0.3) is 0 Å². The summed E-state index contributed by atoms with van der Waals surface area (Å²) in [7, 11) is 2.93. The summed E-state index contributed by atoms with van der Waals surface area (Å²) >= 11 is 1.95. The molecule has 3 heterocycles. The molecule has 4 fully saturated rings. The molecule has 4 atom stereocenters. The number of amides is 2. The molecule has 1 aliphatic carbocycles. The summed E-state index contributed by atoms with van der Waals surface area (Å²) in [5, 5.41) is 7.81. The van der Waals surface area contributed by atoms with Crippen LogP contribution in [0.3, 0.4) is 0 Å². The minimum absolute atomic E-state index is 0.177. The number of likely N-dealkylation sites (tertiary alicyclic amines) is 1. The molecule has 12 heteroatoms. The predicted octanol–water partition coefficient (Wildman–Crippen LogP) is 4.43. The van der Waals surface area contributed by atoms with Crippen LogP contribution in [0.2, 0.25) is 0 Å². The topological polar surface area (TPSA) is 104 Å². The molecular formula is C27H33F3N2O6S. The number of piperidine rings is 1. The summed E-state index contributed by atoms with van der Waals surface area (Å²) in [5.74, 6) is -4.77. The van der Waals surface area contributed by atoms with Crippen molar-refractivity contribution in [3.8, 4) is 0 Å². The van der Waals surface area contributed by atoms with Crippen LogP contribution in [0.25, 0.3) is 0 Å². The van der Waals surface area contributed by atoms with E-state index in [1.54, 1.807) is 7.05 Å². The zero-order chi connectivity index (χ0) is 28.5. The van der Waals surface area contributed by atoms with Gasteiger partial charge in [0.1, 0.15) is 5.54 Å². The summed E-state index contributed by atoms with van der Waals surface area (Å²) in [6, 6.07) is 8.22. The molecule has 2 amide bonds. The highest BCUT2D eigenvalue weighted by Crippen LogP contribution is 2.58. The van der Waals surface area contributed by atoms with Crippen LogP contribution in [0.15, 0.2) is 29.2 Å². The fraction of sp³-hybridized carbons (Fsp3) is 0.630. The van der Waals surface area contributed by atoms with Crippen molar-refractivity contribution >= 4 is 35.5 Å². The van der Waals surface area contributed by atoms with Crippen LogP contribution in [-0.4, -0.2) is 76.3 Å². The molecule has 214 valence electrons. The van der Waals surface area contributed by atoms with E-state index in [0.29, 0.717) is 18.2 Å². The Kier molecular flexibility index (Phi) is 8.65. The van der Waals surface area contributed by atoms with E-state index < -0.39 is 29.5 Å². The van der Waals surface area contributed by atoms with Crippen LogP contribution in [0, 0.1) is 11.8 Å². The number of carboxylic acids is 1. The van der Waals surface area contributed by atoms with Crippen LogP contribution in [0.1, 0.15) is 63.0 Å². The van der Waals surface area contributed by atoms with Gasteiger partial charge in [0.05, 0.1) is 18.9 Å². The number of fused-ring (bicyclic) bond motifs is 3. The highest BCUT2D eigenvalue weighted by molar-refractivity contribution is 8.00. The molecule has 3 aliphatic heterocycles. The molecule has 0 spiro atoms. The van der Waals surface area contributed by atoms with Gasteiger partial charge in [-0.05, 0) is 56.3 Å². The first-order valence-electron chi connectivity index (χ1n) is 13.2. The van der Waals surface area contributed by atoms with Crippen molar-refractivity contribution in [2.75, 3.05) is 20.7 Å². The Balaban J connectivity index is 0.000000448. The van der Waals surface area contributed by atoms with Gasteiger partial charge in [-0.15, -0.1) is 11.8 Å². The fourth-order valence-electron chi connectivity index (χ4n) is 6.62. The maximum atomic E-state index is 13.2. The Morgan fingerprint density at radius 3 is 2.21 bits per heavy atom. The van der Waals surface area contributed by atoms with E-state index >= 15 is 0 Å². The van der Waals surface area contributed by atoms with Crippen molar-refractivity contribution < 1.29 is 42.2 Å². The van der Waals surface area contributed by atoms with E-state index in [1.165, 1.54) is 49.0 Å². The van der Waals surface area contributed by atoms with Crippen molar-refractivity contribution in [1.82, 2.24) is 9.80 Å². The number of rotatable bonds is 4.